The molecule has 0 aromatic carbocycles. The summed E-state index contributed by atoms with van der Waals surface area (Å²) < 4.78 is 16.1. The van der Waals surface area contributed by atoms with Crippen LogP contribution < -0.4 is 5.32 Å². The van der Waals surface area contributed by atoms with Gasteiger partial charge in [0.2, 0.25) is 5.91 Å². The number of carbonyl (C=O) groups excluding carboxylic acids is 1. The van der Waals surface area contributed by atoms with Crippen molar-refractivity contribution in [1.29, 1.82) is 0 Å². The number of carbonyl (C=O) groups is 1. The Labute approximate surface area is 114 Å². The van der Waals surface area contributed by atoms with E-state index in [1.54, 1.807) is 0 Å². The summed E-state index contributed by atoms with van der Waals surface area (Å²) in [4.78, 5) is 29.0. The van der Waals surface area contributed by atoms with Crippen molar-refractivity contribution in [2.45, 2.75) is 43.2 Å². The highest BCUT2D eigenvalue weighted by atomic mass is 31.2. The topological polar surface area (TPSA) is 177 Å². The lowest BCUT2D eigenvalue weighted by Gasteiger charge is -2.44. The number of aliphatic hydroxyl groups is 4. The SMILES string of the molecule is CC(=O)N[C@@H]1[C@@H](O)[C@H](O)[C@@H](CO)O[C@@H]1C(O)P(=O)(O)O. The van der Waals surface area contributed by atoms with Crippen LogP contribution in [0.4, 0.5) is 0 Å². The molecule has 118 valence electrons. The Morgan fingerprint density at radius 2 is 1.90 bits per heavy atom. The second-order valence-electron chi connectivity index (χ2n) is 4.53. The summed E-state index contributed by atoms with van der Waals surface area (Å²) in [6.45, 7) is 0.341. The van der Waals surface area contributed by atoms with Crippen LogP contribution in [-0.2, 0) is 14.1 Å². The van der Waals surface area contributed by atoms with E-state index in [-0.39, 0.29) is 0 Å². The van der Waals surface area contributed by atoms with E-state index in [1.165, 1.54) is 0 Å². The Kier molecular flexibility index (Phi) is 5.64. The van der Waals surface area contributed by atoms with Crippen LogP contribution in [0, 0.1) is 0 Å². The molecule has 1 aliphatic heterocycles. The number of aliphatic hydroxyl groups excluding tert-OH is 4. The minimum atomic E-state index is -4.98. The first-order chi connectivity index (χ1) is 9.09. The minimum Gasteiger partial charge on any atom is -0.394 e. The highest BCUT2D eigenvalue weighted by molar-refractivity contribution is 7.52. The standard InChI is InChI=1S/C9H18NO9P/c1-3(12)10-5-7(14)6(13)4(2-11)19-8(5)9(15)20(16,17)18/h4-9,11,13-15H,2H2,1H3,(H,10,12)(H2,16,17,18)/t4-,5-,6-,7-,8+,9?/m1/s1. The maximum Gasteiger partial charge on any atom is 0.356 e. The van der Waals surface area contributed by atoms with Gasteiger partial charge in [-0.25, -0.2) is 0 Å². The first-order valence-electron chi connectivity index (χ1n) is 5.72. The average Bonchev–Trinajstić information content (AvgIpc) is 2.33. The molecular weight excluding hydrogens is 297 g/mol. The van der Waals surface area contributed by atoms with Crippen LogP contribution >= 0.6 is 7.60 Å². The zero-order chi connectivity index (χ0) is 15.7. The predicted octanol–water partition coefficient (Wildman–Crippen LogP) is -3.53. The molecule has 6 atom stereocenters. The van der Waals surface area contributed by atoms with Crippen molar-refractivity contribution in [3.63, 3.8) is 0 Å². The molecule has 1 aliphatic rings. The van der Waals surface area contributed by atoms with Crippen molar-refractivity contribution in [2.75, 3.05) is 6.61 Å². The van der Waals surface area contributed by atoms with Gasteiger partial charge in [0, 0.05) is 6.92 Å². The molecule has 7 N–H and O–H groups in total. The molecule has 1 fully saturated rings. The molecule has 0 bridgehead atoms. The van der Waals surface area contributed by atoms with Gasteiger partial charge in [-0.3, -0.25) is 9.36 Å². The highest BCUT2D eigenvalue weighted by Gasteiger charge is 2.51. The summed E-state index contributed by atoms with van der Waals surface area (Å²) in [6.07, 6.45) is -6.29. The maximum atomic E-state index is 11.1. The van der Waals surface area contributed by atoms with Crippen LogP contribution in [-0.4, -0.2) is 79.0 Å². The minimum absolute atomic E-state index is 0.657. The molecule has 1 unspecified atom stereocenters. The molecule has 1 heterocycles. The van der Waals surface area contributed by atoms with Crippen LogP contribution in [0.5, 0.6) is 0 Å². The van der Waals surface area contributed by atoms with Crippen molar-refractivity contribution in [1.82, 2.24) is 5.32 Å². The van der Waals surface area contributed by atoms with Crippen LogP contribution in [0.15, 0.2) is 0 Å². The van der Waals surface area contributed by atoms with E-state index in [1.807, 2.05) is 0 Å². The molecule has 0 aromatic heterocycles. The summed E-state index contributed by atoms with van der Waals surface area (Å²) in [5.41, 5.74) is 0. The van der Waals surface area contributed by atoms with E-state index in [0.717, 1.165) is 6.92 Å². The molecule has 1 amide bonds. The van der Waals surface area contributed by atoms with Crippen molar-refractivity contribution in [3.8, 4) is 0 Å². The third kappa shape index (κ3) is 3.74. The normalized spacial score (nSPS) is 36.5. The maximum absolute atomic E-state index is 11.1. The molecule has 0 saturated carbocycles. The fourth-order valence-electron chi connectivity index (χ4n) is 1.99. The number of rotatable bonds is 4. The number of amides is 1. The van der Waals surface area contributed by atoms with Crippen molar-refractivity contribution < 1.29 is 44.3 Å². The van der Waals surface area contributed by atoms with E-state index < -0.39 is 56.4 Å². The van der Waals surface area contributed by atoms with Gasteiger partial charge < -0.3 is 40.3 Å². The first kappa shape index (κ1) is 17.5. The largest absolute Gasteiger partial charge is 0.394 e. The van der Waals surface area contributed by atoms with E-state index in [2.05, 4.69) is 5.32 Å². The summed E-state index contributed by atoms with van der Waals surface area (Å²) in [7, 11) is -4.98. The average molecular weight is 315 g/mol. The molecule has 0 aromatic rings. The third-order valence-electron chi connectivity index (χ3n) is 2.97. The zero-order valence-electron chi connectivity index (χ0n) is 10.5. The lowest BCUT2D eigenvalue weighted by molar-refractivity contribution is -0.208. The first-order valence-corrected chi connectivity index (χ1v) is 7.40. The van der Waals surface area contributed by atoms with Gasteiger partial charge in [0.15, 0.2) is 5.85 Å². The molecule has 0 radical (unpaired) electrons. The van der Waals surface area contributed by atoms with Gasteiger partial charge in [-0.15, -0.1) is 0 Å². The number of hydrogen-bond donors (Lipinski definition) is 7. The van der Waals surface area contributed by atoms with Crippen LogP contribution in [0.1, 0.15) is 6.92 Å². The van der Waals surface area contributed by atoms with Gasteiger partial charge in [0.25, 0.3) is 0 Å². The van der Waals surface area contributed by atoms with E-state index in [4.69, 9.17) is 19.6 Å². The van der Waals surface area contributed by atoms with E-state index in [0.29, 0.717) is 0 Å². The van der Waals surface area contributed by atoms with Crippen molar-refractivity contribution in [2.24, 2.45) is 0 Å². The quantitative estimate of drug-likeness (QED) is 0.259. The molecule has 11 heteroatoms. The molecular formula is C9H18NO9P. The lowest BCUT2D eigenvalue weighted by atomic mass is 9.93. The Hall–Kier alpha value is -0.580. The van der Waals surface area contributed by atoms with Crippen molar-refractivity contribution >= 4 is 13.5 Å². The fourth-order valence-corrected chi connectivity index (χ4v) is 2.63. The fraction of sp³-hybridized carbons (Fsp3) is 0.889. The van der Waals surface area contributed by atoms with Crippen LogP contribution in [0.2, 0.25) is 0 Å². The van der Waals surface area contributed by atoms with Gasteiger partial charge in [0.1, 0.15) is 24.4 Å². The summed E-state index contributed by atoms with van der Waals surface area (Å²) in [5.74, 6) is -2.98. The van der Waals surface area contributed by atoms with Crippen LogP contribution in [0.3, 0.4) is 0 Å². The molecule has 0 spiro atoms. The Morgan fingerprint density at radius 3 is 2.30 bits per heavy atom. The number of nitrogens with one attached hydrogen (secondary N) is 1. The molecule has 10 nitrogen and oxygen atoms in total. The number of ether oxygens (including phenoxy) is 1. The van der Waals surface area contributed by atoms with Crippen LogP contribution in [0.25, 0.3) is 0 Å². The van der Waals surface area contributed by atoms with Gasteiger partial charge in [-0.05, 0) is 0 Å². The Morgan fingerprint density at radius 1 is 1.35 bits per heavy atom. The van der Waals surface area contributed by atoms with Gasteiger partial charge in [-0.1, -0.05) is 0 Å². The Balaban J connectivity index is 3.06. The van der Waals surface area contributed by atoms with Gasteiger partial charge in [-0.2, -0.15) is 0 Å². The monoisotopic (exact) mass is 315 g/mol. The highest BCUT2D eigenvalue weighted by Crippen LogP contribution is 2.44. The predicted molar refractivity (Wildman–Crippen MR) is 63.4 cm³/mol. The van der Waals surface area contributed by atoms with E-state index in [9.17, 15) is 24.7 Å². The molecule has 20 heavy (non-hydrogen) atoms. The summed E-state index contributed by atoms with van der Waals surface area (Å²) >= 11 is 0. The number of hydrogen-bond acceptors (Lipinski definition) is 7. The second-order valence-corrected chi connectivity index (χ2v) is 6.24. The molecule has 0 aliphatic carbocycles. The summed E-state index contributed by atoms with van der Waals surface area (Å²) in [6, 6.07) is -1.44. The van der Waals surface area contributed by atoms with Gasteiger partial charge in [0.05, 0.1) is 12.6 Å². The smallest absolute Gasteiger partial charge is 0.356 e. The van der Waals surface area contributed by atoms with Gasteiger partial charge >= 0.3 is 7.60 Å². The van der Waals surface area contributed by atoms with E-state index >= 15 is 0 Å². The molecule has 1 rings (SSSR count). The zero-order valence-corrected chi connectivity index (χ0v) is 11.4. The Bertz CT molecular complexity index is 399. The molecule has 1 saturated heterocycles. The second kappa shape index (κ2) is 6.46. The third-order valence-corrected chi connectivity index (χ3v) is 3.96. The summed E-state index contributed by atoms with van der Waals surface area (Å²) in [5, 5.41) is 40.3. The van der Waals surface area contributed by atoms with Crippen molar-refractivity contribution in [3.05, 3.63) is 0 Å². The lowest BCUT2D eigenvalue weighted by Crippen LogP contribution is -2.66.